The number of carbonyl (C=O) groups is 2. The van der Waals surface area contributed by atoms with Crippen LogP contribution in [0.15, 0.2) is 72.9 Å². The largest absolute Gasteiger partial charge is 0.504 e. The number of anilines is 1. The van der Waals surface area contributed by atoms with E-state index in [9.17, 15) is 25.2 Å². The Morgan fingerprint density at radius 2 is 1.81 bits per heavy atom. The van der Waals surface area contributed by atoms with E-state index in [4.69, 9.17) is 24.0 Å². The van der Waals surface area contributed by atoms with E-state index in [0.29, 0.717) is 66.2 Å². The third-order valence-electron chi connectivity index (χ3n) is 9.47. The Labute approximate surface area is 330 Å². The number of nitriles is 2. The Bertz CT molecular complexity index is 2230. The summed E-state index contributed by atoms with van der Waals surface area (Å²) in [6, 6.07) is 20.6. The van der Waals surface area contributed by atoms with E-state index < -0.39 is 29.7 Å². The highest BCUT2D eigenvalue weighted by Crippen LogP contribution is 2.42. The average Bonchev–Trinajstić information content (AvgIpc) is 4.03. The van der Waals surface area contributed by atoms with Crippen LogP contribution in [0, 0.1) is 28.5 Å². The molecule has 13 nitrogen and oxygen atoms in total. The Kier molecular flexibility index (Phi) is 12.4. The molecule has 294 valence electrons. The number of ether oxygens (including phenoxy) is 3. The Morgan fingerprint density at radius 1 is 1.09 bits per heavy atom. The zero-order valence-corrected chi connectivity index (χ0v) is 32.1. The second kappa shape index (κ2) is 17.5. The summed E-state index contributed by atoms with van der Waals surface area (Å²) in [6.07, 6.45) is 4.89. The van der Waals surface area contributed by atoms with Gasteiger partial charge in [0.1, 0.15) is 29.9 Å². The number of hydrogen-bond acceptors (Lipinski definition) is 11. The molecule has 1 aromatic heterocycles. The molecule has 2 aliphatic rings. The molecule has 0 aliphatic carbocycles. The van der Waals surface area contributed by atoms with E-state index in [1.54, 1.807) is 35.4 Å². The third-order valence-corrected chi connectivity index (χ3v) is 9.47. The monoisotopic (exact) mass is 774 g/mol. The number of hydrogen-bond donors (Lipinski definition) is 2. The van der Waals surface area contributed by atoms with Crippen LogP contribution in [0.25, 0.3) is 28.3 Å². The highest BCUT2D eigenvalue weighted by atomic mass is 19.1. The van der Waals surface area contributed by atoms with Crippen LogP contribution in [0.4, 0.5) is 15.0 Å². The normalized spacial score (nSPS) is 15.4. The third kappa shape index (κ3) is 10.0. The van der Waals surface area contributed by atoms with Gasteiger partial charge < -0.3 is 29.1 Å². The molecule has 0 spiro atoms. The topological polar surface area (TPSA) is 174 Å². The fraction of sp³-hybridized carbons (Fsp3) is 0.326. The first kappa shape index (κ1) is 40.2. The highest BCUT2D eigenvalue weighted by Gasteiger charge is 2.33. The summed E-state index contributed by atoms with van der Waals surface area (Å²) in [4.78, 5) is 39.4. The number of aromatic hydroxyl groups is 1. The smallest absolute Gasteiger partial charge is 0.410 e. The minimum Gasteiger partial charge on any atom is -0.504 e. The maximum Gasteiger partial charge on any atom is 0.410 e. The molecule has 1 unspecified atom stereocenters. The van der Waals surface area contributed by atoms with Gasteiger partial charge >= 0.3 is 6.09 Å². The number of halogens is 1. The first-order chi connectivity index (χ1) is 27.4. The quantitative estimate of drug-likeness (QED) is 0.0860. The summed E-state index contributed by atoms with van der Waals surface area (Å²) in [7, 11) is 1.45. The van der Waals surface area contributed by atoms with Crippen LogP contribution in [0.2, 0.25) is 0 Å². The molecule has 0 radical (unpaired) electrons. The number of amides is 2. The molecule has 3 heterocycles. The van der Waals surface area contributed by atoms with E-state index >= 15 is 4.39 Å². The number of pyridine rings is 1. The van der Waals surface area contributed by atoms with E-state index in [2.05, 4.69) is 16.4 Å². The van der Waals surface area contributed by atoms with Crippen molar-refractivity contribution in [1.29, 1.82) is 10.5 Å². The molecule has 2 aliphatic heterocycles. The van der Waals surface area contributed by atoms with Crippen molar-refractivity contribution < 1.29 is 38.1 Å². The van der Waals surface area contributed by atoms with E-state index in [1.807, 2.05) is 51.1 Å². The predicted molar refractivity (Wildman–Crippen MR) is 209 cm³/mol. The van der Waals surface area contributed by atoms with Gasteiger partial charge in [-0.15, -0.1) is 0 Å². The Balaban J connectivity index is 1.26. The van der Waals surface area contributed by atoms with Gasteiger partial charge in [-0.25, -0.2) is 24.5 Å². The molecular formula is C43H43FN6O7. The lowest BCUT2D eigenvalue weighted by molar-refractivity contribution is -0.132. The van der Waals surface area contributed by atoms with Crippen molar-refractivity contribution in [3.8, 4) is 45.9 Å². The van der Waals surface area contributed by atoms with E-state index in [-0.39, 0.29) is 36.1 Å². The predicted octanol–water partition coefficient (Wildman–Crippen LogP) is 7.03. The number of hydroxylamine groups is 1. The summed E-state index contributed by atoms with van der Waals surface area (Å²) >= 11 is 0. The lowest BCUT2D eigenvalue weighted by Crippen LogP contribution is -2.48. The summed E-state index contributed by atoms with van der Waals surface area (Å²) in [6.45, 7) is 7.18. The number of epoxide rings is 1. The summed E-state index contributed by atoms with van der Waals surface area (Å²) in [5.74, 6) is -0.398. The number of nitrogens with one attached hydrogen (secondary N) is 1. The second-order valence-electron chi connectivity index (χ2n) is 14.6. The number of carbonyl (C=O) groups excluding carboxylic acids is 2. The molecule has 6 rings (SSSR count). The number of methoxy groups -OCH3 is 1. The van der Waals surface area contributed by atoms with Crippen LogP contribution in [0.3, 0.4) is 0 Å². The summed E-state index contributed by atoms with van der Waals surface area (Å²) < 4.78 is 31.1. The zero-order chi connectivity index (χ0) is 40.7. The molecule has 1 atom stereocenters. The van der Waals surface area contributed by atoms with Crippen LogP contribution in [-0.4, -0.2) is 71.7 Å². The number of aromatic nitrogens is 1. The number of phenols is 1. The Morgan fingerprint density at radius 3 is 2.42 bits per heavy atom. The minimum absolute atomic E-state index is 0.0573. The van der Waals surface area contributed by atoms with Crippen LogP contribution in [-0.2, 0) is 32.1 Å². The van der Waals surface area contributed by atoms with Crippen molar-refractivity contribution in [2.45, 2.75) is 64.5 Å². The van der Waals surface area contributed by atoms with E-state index in [1.165, 1.54) is 31.4 Å². The van der Waals surface area contributed by atoms with Crippen molar-refractivity contribution in [2.75, 3.05) is 31.7 Å². The van der Waals surface area contributed by atoms with Gasteiger partial charge in [-0.05, 0) is 91.8 Å². The average molecular weight is 775 g/mol. The number of rotatable bonds is 12. The molecule has 14 heteroatoms. The van der Waals surface area contributed by atoms with Gasteiger partial charge in [-0.2, -0.15) is 10.5 Å². The molecule has 2 fully saturated rings. The first-order valence-electron chi connectivity index (χ1n) is 18.4. The summed E-state index contributed by atoms with van der Waals surface area (Å²) in [5.41, 5.74) is 5.81. The lowest BCUT2D eigenvalue weighted by Gasteiger charge is -2.40. The van der Waals surface area contributed by atoms with E-state index in [0.717, 1.165) is 11.1 Å². The van der Waals surface area contributed by atoms with Gasteiger partial charge in [0, 0.05) is 49.1 Å². The molecule has 4 aromatic rings. The highest BCUT2D eigenvalue weighted by molar-refractivity contribution is 5.91. The van der Waals surface area contributed by atoms with Crippen molar-refractivity contribution in [1.82, 2.24) is 15.4 Å². The molecule has 2 saturated heterocycles. The standard InChI is InChI=1S/C43H43FN6O7/c1-43(2,3)56-42(53)50(25-28-7-5-27(6-8-28)9-14-38(52)48-57-39-26-55-39)32-16-19-49(20-17-32)41-33(15-18-45)40(30-10-11-31(23-46)35(44)21-30)34(24-47-41)29-12-13-37(54-4)36(51)22-29/h5-14,21-22,24,32,39,51H,15-17,19-20,25-26H2,1-4H3,(H,48,52)/b14-9+. The molecule has 3 aromatic carbocycles. The van der Waals surface area contributed by atoms with Crippen LogP contribution in [0.1, 0.15) is 55.9 Å². The maximum absolute atomic E-state index is 15.1. The molecule has 0 saturated carbocycles. The zero-order valence-electron chi connectivity index (χ0n) is 32.1. The van der Waals surface area contributed by atoms with Crippen molar-refractivity contribution in [2.24, 2.45) is 0 Å². The van der Waals surface area contributed by atoms with Crippen molar-refractivity contribution in [3.63, 3.8) is 0 Å². The lowest BCUT2D eigenvalue weighted by atomic mass is 9.89. The number of piperidine rings is 1. The Hall–Kier alpha value is -6.48. The van der Waals surface area contributed by atoms with Gasteiger partial charge in [-0.3, -0.25) is 4.79 Å². The summed E-state index contributed by atoms with van der Waals surface area (Å²) in [5, 5.41) is 30.1. The van der Waals surface area contributed by atoms with Crippen LogP contribution >= 0.6 is 0 Å². The van der Waals surface area contributed by atoms with Crippen LogP contribution in [0.5, 0.6) is 11.5 Å². The fourth-order valence-electron chi connectivity index (χ4n) is 6.65. The molecule has 57 heavy (non-hydrogen) atoms. The fourth-order valence-corrected chi connectivity index (χ4v) is 6.65. The second-order valence-corrected chi connectivity index (χ2v) is 14.6. The van der Waals surface area contributed by atoms with Crippen molar-refractivity contribution >= 4 is 23.9 Å². The number of benzene rings is 3. The molecular weight excluding hydrogens is 732 g/mol. The number of nitrogens with zero attached hydrogens (tertiary/aromatic N) is 5. The van der Waals surface area contributed by atoms with Crippen LogP contribution < -0.4 is 15.1 Å². The number of phenolic OH excluding ortho intramolecular Hbond substituents is 1. The first-order valence-corrected chi connectivity index (χ1v) is 18.4. The molecule has 2 amide bonds. The molecule has 0 bridgehead atoms. The van der Waals surface area contributed by atoms with Gasteiger partial charge in [0.25, 0.3) is 5.91 Å². The van der Waals surface area contributed by atoms with Crippen molar-refractivity contribution in [3.05, 3.63) is 101 Å². The van der Waals surface area contributed by atoms with Gasteiger partial charge in [0.2, 0.25) is 6.29 Å². The maximum atomic E-state index is 15.1. The van der Waals surface area contributed by atoms with Gasteiger partial charge in [0.15, 0.2) is 11.5 Å². The molecule has 2 N–H and O–H groups in total. The SMILES string of the molecule is COc1ccc(-c2cnc(N3CCC(N(Cc4ccc(/C=C/C(=O)NOC5CO5)cc4)C(=O)OC(C)(C)C)CC3)c(CC#N)c2-c2ccc(C#N)c(F)c2)cc1O. The minimum atomic E-state index is -0.722. The van der Waals surface area contributed by atoms with Gasteiger partial charge in [0.05, 0.1) is 25.2 Å². The van der Waals surface area contributed by atoms with Gasteiger partial charge in [-0.1, -0.05) is 36.4 Å².